The van der Waals surface area contributed by atoms with Crippen LogP contribution < -0.4 is 10.9 Å². The molecule has 1 aliphatic heterocycles. The van der Waals surface area contributed by atoms with E-state index in [1.54, 1.807) is 0 Å². The first-order valence-corrected chi connectivity index (χ1v) is 4.28. The third-order valence-corrected chi connectivity index (χ3v) is 1.68. The highest BCUT2D eigenvalue weighted by Gasteiger charge is 2.12. The van der Waals surface area contributed by atoms with Gasteiger partial charge in [0, 0.05) is 11.8 Å². The fraction of sp³-hybridized carbons (Fsp3) is 0.750. The molecule has 0 aliphatic carbocycles. The quantitative estimate of drug-likeness (QED) is 0.649. The van der Waals surface area contributed by atoms with Crippen LogP contribution in [-0.2, 0) is 0 Å². The fourth-order valence-corrected chi connectivity index (χ4v) is 0.801. The van der Waals surface area contributed by atoms with Crippen LogP contribution in [0.25, 0.3) is 0 Å². The summed E-state index contributed by atoms with van der Waals surface area (Å²) in [6.45, 7) is 8.29. The van der Waals surface area contributed by atoms with Gasteiger partial charge in [-0.1, -0.05) is 27.7 Å². The Morgan fingerprint density at radius 1 is 0.833 bits per heavy atom. The molecule has 0 unspecified atom stereocenters. The van der Waals surface area contributed by atoms with E-state index in [2.05, 4.69) is 48.7 Å². The van der Waals surface area contributed by atoms with Crippen molar-refractivity contribution < 1.29 is 0 Å². The maximum atomic E-state index is 4.16. The average molecular weight is 168 g/mol. The smallest absolute Gasteiger partial charge is 0.145 e. The summed E-state index contributed by atoms with van der Waals surface area (Å²) in [7, 11) is 0. The van der Waals surface area contributed by atoms with Crippen LogP contribution in [0, 0.1) is 11.8 Å². The van der Waals surface area contributed by atoms with Crippen LogP contribution in [0.2, 0.25) is 0 Å². The van der Waals surface area contributed by atoms with E-state index in [9.17, 15) is 0 Å². The molecule has 1 heterocycles. The largest absolute Gasteiger partial charge is 0.261 e. The monoisotopic (exact) mass is 168 g/mol. The van der Waals surface area contributed by atoms with Crippen molar-refractivity contribution in [2.24, 2.45) is 22.0 Å². The third kappa shape index (κ3) is 1.96. The van der Waals surface area contributed by atoms with Crippen molar-refractivity contribution in [2.75, 3.05) is 0 Å². The minimum Gasteiger partial charge on any atom is -0.261 e. The molecule has 0 bridgehead atoms. The molecule has 0 amide bonds. The molecule has 4 nitrogen and oxygen atoms in total. The molecule has 0 saturated heterocycles. The summed E-state index contributed by atoms with van der Waals surface area (Å²) in [4.78, 5) is 0. The fourth-order valence-electron chi connectivity index (χ4n) is 0.801. The first-order chi connectivity index (χ1) is 5.61. The molecule has 0 fully saturated rings. The zero-order valence-electron chi connectivity index (χ0n) is 8.05. The molecule has 0 aromatic carbocycles. The number of nitrogens with zero attached hydrogens (tertiary/aromatic N) is 2. The van der Waals surface area contributed by atoms with E-state index in [4.69, 9.17) is 0 Å². The summed E-state index contributed by atoms with van der Waals surface area (Å²) < 4.78 is 0. The summed E-state index contributed by atoms with van der Waals surface area (Å²) in [5.41, 5.74) is 5.85. The van der Waals surface area contributed by atoms with Crippen molar-refractivity contribution in [3.63, 3.8) is 0 Å². The summed E-state index contributed by atoms with van der Waals surface area (Å²) in [5.74, 6) is 2.55. The lowest BCUT2D eigenvalue weighted by Gasteiger charge is -2.18. The molecule has 2 N–H and O–H groups in total. The van der Waals surface area contributed by atoms with Crippen molar-refractivity contribution in [3.05, 3.63) is 0 Å². The van der Waals surface area contributed by atoms with Crippen molar-refractivity contribution in [1.82, 2.24) is 10.9 Å². The van der Waals surface area contributed by atoms with Crippen molar-refractivity contribution >= 4 is 11.7 Å². The van der Waals surface area contributed by atoms with Gasteiger partial charge in [0.25, 0.3) is 0 Å². The average Bonchev–Trinajstić information content (AvgIpc) is 2.04. The van der Waals surface area contributed by atoms with E-state index in [0.29, 0.717) is 11.8 Å². The van der Waals surface area contributed by atoms with Gasteiger partial charge in [-0.2, -0.15) is 10.2 Å². The van der Waals surface area contributed by atoms with E-state index in [0.717, 1.165) is 11.7 Å². The Morgan fingerprint density at radius 3 is 1.33 bits per heavy atom. The van der Waals surface area contributed by atoms with Gasteiger partial charge < -0.3 is 0 Å². The van der Waals surface area contributed by atoms with Gasteiger partial charge in [-0.25, -0.2) is 0 Å². The number of rotatable bonds is 2. The van der Waals surface area contributed by atoms with Crippen molar-refractivity contribution in [1.29, 1.82) is 0 Å². The second-order valence-electron chi connectivity index (χ2n) is 3.53. The maximum absolute atomic E-state index is 4.16. The first-order valence-electron chi connectivity index (χ1n) is 4.28. The molecule has 4 heteroatoms. The molecular formula is C8H16N4. The Labute approximate surface area is 73.1 Å². The van der Waals surface area contributed by atoms with Gasteiger partial charge in [0.05, 0.1) is 0 Å². The molecule has 1 aliphatic rings. The predicted octanol–water partition coefficient (Wildman–Crippen LogP) is 1.12. The van der Waals surface area contributed by atoms with Crippen LogP contribution in [-0.4, -0.2) is 11.7 Å². The first kappa shape index (κ1) is 9.03. The third-order valence-electron chi connectivity index (χ3n) is 1.68. The number of hydrogen-bond donors (Lipinski definition) is 2. The zero-order valence-corrected chi connectivity index (χ0v) is 8.05. The molecule has 0 saturated carbocycles. The van der Waals surface area contributed by atoms with E-state index in [1.807, 2.05) is 0 Å². The van der Waals surface area contributed by atoms with Crippen LogP contribution in [0.15, 0.2) is 10.2 Å². The minimum atomic E-state index is 0.384. The Hall–Kier alpha value is -1.06. The molecule has 0 spiro atoms. The van der Waals surface area contributed by atoms with Crippen molar-refractivity contribution in [3.8, 4) is 0 Å². The highest BCUT2D eigenvalue weighted by atomic mass is 15.5. The van der Waals surface area contributed by atoms with Gasteiger partial charge in [0.2, 0.25) is 0 Å². The van der Waals surface area contributed by atoms with Gasteiger partial charge in [0.1, 0.15) is 11.7 Å². The second kappa shape index (κ2) is 3.56. The predicted molar refractivity (Wildman–Crippen MR) is 50.8 cm³/mol. The van der Waals surface area contributed by atoms with Crippen LogP contribution >= 0.6 is 0 Å². The van der Waals surface area contributed by atoms with Gasteiger partial charge >= 0.3 is 0 Å². The molecule has 0 atom stereocenters. The van der Waals surface area contributed by atoms with Crippen LogP contribution in [0.3, 0.4) is 0 Å². The van der Waals surface area contributed by atoms with E-state index in [1.165, 1.54) is 0 Å². The van der Waals surface area contributed by atoms with Gasteiger partial charge in [0.15, 0.2) is 0 Å². The summed E-state index contributed by atoms with van der Waals surface area (Å²) in [6.07, 6.45) is 0. The Morgan fingerprint density at radius 2 is 1.17 bits per heavy atom. The lowest BCUT2D eigenvalue weighted by Crippen LogP contribution is -2.38. The second-order valence-corrected chi connectivity index (χ2v) is 3.53. The molecule has 12 heavy (non-hydrogen) atoms. The highest BCUT2D eigenvalue weighted by Crippen LogP contribution is 2.00. The van der Waals surface area contributed by atoms with Gasteiger partial charge in [-0.05, 0) is 0 Å². The standard InChI is InChI=1S/C8H16N4/c1-5(2)7-9-11-8(6(3)4)12-10-7/h5-6H,1-4H3,(H,9,10)(H,11,12). The topological polar surface area (TPSA) is 48.8 Å². The number of hydrazone groups is 2. The molecule has 1 rings (SSSR count). The molecule has 0 radical (unpaired) electrons. The lowest BCUT2D eigenvalue weighted by molar-refractivity contribution is 0.721. The maximum Gasteiger partial charge on any atom is 0.145 e. The normalized spacial score (nSPS) is 16.8. The zero-order chi connectivity index (χ0) is 9.14. The van der Waals surface area contributed by atoms with E-state index >= 15 is 0 Å². The number of nitrogens with one attached hydrogen (secondary N) is 2. The minimum absolute atomic E-state index is 0.384. The Balaban J connectivity index is 2.54. The van der Waals surface area contributed by atoms with E-state index < -0.39 is 0 Å². The Bertz CT molecular complexity index is 191. The van der Waals surface area contributed by atoms with Gasteiger partial charge in [-0.15, -0.1) is 0 Å². The SMILES string of the molecule is CC(C)C1=NNC(C(C)C)=NN1. The highest BCUT2D eigenvalue weighted by molar-refractivity contribution is 5.92. The van der Waals surface area contributed by atoms with Crippen molar-refractivity contribution in [2.45, 2.75) is 27.7 Å². The number of amidine groups is 2. The van der Waals surface area contributed by atoms with Crippen LogP contribution in [0.1, 0.15) is 27.7 Å². The van der Waals surface area contributed by atoms with Gasteiger partial charge in [-0.3, -0.25) is 10.9 Å². The molecule has 0 aromatic heterocycles. The lowest BCUT2D eigenvalue weighted by atomic mass is 10.2. The summed E-state index contributed by atoms with van der Waals surface area (Å²) in [5, 5.41) is 8.31. The summed E-state index contributed by atoms with van der Waals surface area (Å²) >= 11 is 0. The van der Waals surface area contributed by atoms with E-state index in [-0.39, 0.29) is 0 Å². The van der Waals surface area contributed by atoms with Crippen LogP contribution in [0.5, 0.6) is 0 Å². The Kier molecular flexibility index (Phi) is 2.68. The molecular weight excluding hydrogens is 152 g/mol. The number of hydrogen-bond acceptors (Lipinski definition) is 4. The van der Waals surface area contributed by atoms with Crippen LogP contribution in [0.4, 0.5) is 0 Å². The summed E-state index contributed by atoms with van der Waals surface area (Å²) in [6, 6.07) is 0. The molecule has 68 valence electrons. The molecule has 0 aromatic rings.